The van der Waals surface area contributed by atoms with Crippen LogP contribution < -0.4 is 5.32 Å². The molecule has 0 bridgehead atoms. The van der Waals surface area contributed by atoms with Gasteiger partial charge in [0.25, 0.3) is 5.91 Å². The molecular weight excluding hydrogens is 368 g/mol. The molecule has 0 saturated heterocycles. The van der Waals surface area contributed by atoms with E-state index in [1.807, 2.05) is 37.5 Å². The lowest BCUT2D eigenvalue weighted by molar-refractivity contribution is 0.103. The number of imidazole rings is 1. The van der Waals surface area contributed by atoms with Crippen LogP contribution in [-0.4, -0.2) is 20.4 Å². The molecule has 3 rings (SSSR count). The second kappa shape index (κ2) is 8.69. The van der Waals surface area contributed by atoms with E-state index >= 15 is 0 Å². The Kier molecular flexibility index (Phi) is 6.29. The molecule has 3 aromatic rings. The molecule has 2 aromatic heterocycles. The SMILES string of the molecule is Cc1nc(CC(C)C)sc1C(=O)Nc1cccc(Cn2ccnc2C(C)C)c1. The molecular formula is C22H28N4OS. The second-order valence-corrected chi connectivity index (χ2v) is 8.93. The molecule has 6 heteroatoms. The van der Waals surface area contributed by atoms with Crippen LogP contribution in [-0.2, 0) is 13.0 Å². The van der Waals surface area contributed by atoms with Crippen LogP contribution in [0.1, 0.15) is 65.4 Å². The van der Waals surface area contributed by atoms with Crippen LogP contribution in [0, 0.1) is 12.8 Å². The lowest BCUT2D eigenvalue weighted by Crippen LogP contribution is -2.12. The van der Waals surface area contributed by atoms with Gasteiger partial charge >= 0.3 is 0 Å². The highest BCUT2D eigenvalue weighted by Crippen LogP contribution is 2.23. The minimum atomic E-state index is -0.0901. The molecule has 5 nitrogen and oxygen atoms in total. The van der Waals surface area contributed by atoms with E-state index in [9.17, 15) is 4.79 Å². The fourth-order valence-electron chi connectivity index (χ4n) is 3.19. The number of nitrogens with zero attached hydrogens (tertiary/aromatic N) is 3. The van der Waals surface area contributed by atoms with E-state index in [4.69, 9.17) is 0 Å². The van der Waals surface area contributed by atoms with Crippen molar-refractivity contribution in [1.82, 2.24) is 14.5 Å². The molecule has 1 N–H and O–H groups in total. The minimum Gasteiger partial charge on any atom is -0.330 e. The number of amides is 1. The summed E-state index contributed by atoms with van der Waals surface area (Å²) in [7, 11) is 0. The van der Waals surface area contributed by atoms with Gasteiger partial charge in [0.05, 0.1) is 10.7 Å². The second-order valence-electron chi connectivity index (χ2n) is 7.84. The van der Waals surface area contributed by atoms with Crippen LogP contribution in [0.5, 0.6) is 0 Å². The van der Waals surface area contributed by atoms with Gasteiger partial charge in [-0.25, -0.2) is 9.97 Å². The van der Waals surface area contributed by atoms with Gasteiger partial charge in [0.1, 0.15) is 10.7 Å². The average Bonchev–Trinajstić information content (AvgIpc) is 3.21. The molecule has 28 heavy (non-hydrogen) atoms. The van der Waals surface area contributed by atoms with Crippen molar-refractivity contribution in [3.05, 3.63) is 63.6 Å². The third kappa shape index (κ3) is 4.87. The van der Waals surface area contributed by atoms with Crippen molar-refractivity contribution in [3.8, 4) is 0 Å². The Bertz CT molecular complexity index is 955. The van der Waals surface area contributed by atoms with Crippen LogP contribution in [0.4, 0.5) is 5.69 Å². The fraction of sp³-hybridized carbons (Fsp3) is 0.409. The highest BCUT2D eigenvalue weighted by molar-refractivity contribution is 7.13. The topological polar surface area (TPSA) is 59.8 Å². The summed E-state index contributed by atoms with van der Waals surface area (Å²) < 4.78 is 2.15. The predicted molar refractivity (Wildman–Crippen MR) is 115 cm³/mol. The molecule has 0 aliphatic carbocycles. The molecule has 0 fully saturated rings. The highest BCUT2D eigenvalue weighted by Gasteiger charge is 2.16. The zero-order valence-corrected chi connectivity index (χ0v) is 18.0. The van der Waals surface area contributed by atoms with E-state index in [1.54, 1.807) is 0 Å². The normalized spacial score (nSPS) is 11.4. The number of carbonyl (C=O) groups excluding carboxylic acids is 1. The Hall–Kier alpha value is -2.47. The third-order valence-corrected chi connectivity index (χ3v) is 5.61. The standard InChI is InChI=1S/C22H28N4OS/c1-14(2)11-19-24-16(5)20(28-19)22(27)25-18-8-6-7-17(12-18)13-26-10-9-23-21(26)15(3)4/h6-10,12,14-15H,11,13H2,1-5H3,(H,25,27). The van der Waals surface area contributed by atoms with Crippen molar-refractivity contribution in [3.63, 3.8) is 0 Å². The monoisotopic (exact) mass is 396 g/mol. The zero-order chi connectivity index (χ0) is 20.3. The van der Waals surface area contributed by atoms with Crippen LogP contribution in [0.3, 0.4) is 0 Å². The number of carbonyl (C=O) groups is 1. The number of thiazole rings is 1. The Morgan fingerprint density at radius 3 is 2.75 bits per heavy atom. The van der Waals surface area contributed by atoms with Crippen molar-refractivity contribution < 1.29 is 4.79 Å². The first-order valence-electron chi connectivity index (χ1n) is 9.71. The predicted octanol–water partition coefficient (Wildman–Crippen LogP) is 5.27. The maximum Gasteiger partial charge on any atom is 0.267 e. The molecule has 2 heterocycles. The smallest absolute Gasteiger partial charge is 0.267 e. The largest absolute Gasteiger partial charge is 0.330 e. The molecule has 0 spiro atoms. The van der Waals surface area contributed by atoms with E-state index in [0.29, 0.717) is 16.7 Å². The molecule has 0 aliphatic rings. The number of hydrogen-bond acceptors (Lipinski definition) is 4. The maximum absolute atomic E-state index is 12.7. The summed E-state index contributed by atoms with van der Waals surface area (Å²) in [5, 5.41) is 4.05. The Morgan fingerprint density at radius 1 is 1.25 bits per heavy atom. The third-order valence-electron chi connectivity index (χ3n) is 4.43. The maximum atomic E-state index is 12.7. The number of hydrogen-bond donors (Lipinski definition) is 1. The van der Waals surface area contributed by atoms with Gasteiger partial charge in [0, 0.05) is 37.0 Å². The molecule has 0 aliphatic heterocycles. The zero-order valence-electron chi connectivity index (χ0n) is 17.2. The summed E-state index contributed by atoms with van der Waals surface area (Å²) in [5.74, 6) is 1.87. The molecule has 1 amide bonds. The summed E-state index contributed by atoms with van der Waals surface area (Å²) >= 11 is 1.49. The molecule has 0 saturated carbocycles. The van der Waals surface area contributed by atoms with Gasteiger partial charge in [-0.2, -0.15) is 0 Å². The van der Waals surface area contributed by atoms with Crippen molar-refractivity contribution in [2.45, 2.75) is 53.5 Å². The van der Waals surface area contributed by atoms with Crippen LogP contribution >= 0.6 is 11.3 Å². The quantitative estimate of drug-likeness (QED) is 0.592. The van der Waals surface area contributed by atoms with Crippen molar-refractivity contribution in [2.24, 2.45) is 5.92 Å². The first-order chi connectivity index (χ1) is 13.3. The number of aromatic nitrogens is 3. The summed E-state index contributed by atoms with van der Waals surface area (Å²) in [4.78, 5) is 22.4. The van der Waals surface area contributed by atoms with E-state index in [1.165, 1.54) is 11.3 Å². The Morgan fingerprint density at radius 2 is 2.04 bits per heavy atom. The minimum absolute atomic E-state index is 0.0901. The van der Waals surface area contributed by atoms with E-state index in [2.05, 4.69) is 53.6 Å². The summed E-state index contributed by atoms with van der Waals surface area (Å²) in [5.41, 5.74) is 2.72. The highest BCUT2D eigenvalue weighted by atomic mass is 32.1. The lowest BCUT2D eigenvalue weighted by Gasteiger charge is -2.11. The van der Waals surface area contributed by atoms with Gasteiger partial charge in [0.15, 0.2) is 0 Å². The van der Waals surface area contributed by atoms with E-state index in [0.717, 1.165) is 40.7 Å². The summed E-state index contributed by atoms with van der Waals surface area (Å²) in [6.07, 6.45) is 4.73. The average molecular weight is 397 g/mol. The van der Waals surface area contributed by atoms with Gasteiger partial charge in [-0.1, -0.05) is 39.8 Å². The van der Waals surface area contributed by atoms with Crippen LogP contribution in [0.2, 0.25) is 0 Å². The van der Waals surface area contributed by atoms with E-state index in [-0.39, 0.29) is 5.91 Å². The first kappa shape index (κ1) is 20.3. The number of benzene rings is 1. The van der Waals surface area contributed by atoms with Gasteiger partial charge in [-0.3, -0.25) is 4.79 Å². The summed E-state index contributed by atoms with van der Waals surface area (Å²) in [6.45, 7) is 11.2. The van der Waals surface area contributed by atoms with Crippen LogP contribution in [0.15, 0.2) is 36.7 Å². The van der Waals surface area contributed by atoms with Gasteiger partial charge in [-0.05, 0) is 30.5 Å². The van der Waals surface area contributed by atoms with Gasteiger partial charge in [-0.15, -0.1) is 11.3 Å². The number of aryl methyl sites for hydroxylation is 1. The van der Waals surface area contributed by atoms with E-state index < -0.39 is 0 Å². The fourth-order valence-corrected chi connectivity index (χ4v) is 4.36. The number of rotatable bonds is 7. The van der Waals surface area contributed by atoms with Crippen molar-refractivity contribution in [2.75, 3.05) is 5.32 Å². The first-order valence-corrected chi connectivity index (χ1v) is 10.5. The molecule has 0 radical (unpaired) electrons. The molecule has 0 unspecified atom stereocenters. The molecule has 0 atom stereocenters. The van der Waals surface area contributed by atoms with Gasteiger partial charge in [0.2, 0.25) is 0 Å². The lowest BCUT2D eigenvalue weighted by atomic mass is 10.1. The number of anilines is 1. The van der Waals surface area contributed by atoms with Gasteiger partial charge < -0.3 is 9.88 Å². The Balaban J connectivity index is 1.73. The van der Waals surface area contributed by atoms with Crippen molar-refractivity contribution >= 4 is 22.9 Å². The number of nitrogens with one attached hydrogen (secondary N) is 1. The molecule has 148 valence electrons. The van der Waals surface area contributed by atoms with Crippen LogP contribution in [0.25, 0.3) is 0 Å². The molecule has 1 aromatic carbocycles. The summed E-state index contributed by atoms with van der Waals surface area (Å²) in [6, 6.07) is 7.98. The Labute approximate surface area is 170 Å². The van der Waals surface area contributed by atoms with Crippen molar-refractivity contribution in [1.29, 1.82) is 0 Å².